The highest BCUT2D eigenvalue weighted by Gasteiger charge is 2.04. The first-order valence-electron chi connectivity index (χ1n) is 5.97. The molecule has 0 fully saturated rings. The van der Waals surface area contributed by atoms with Gasteiger partial charge < -0.3 is 10.1 Å². The highest BCUT2D eigenvalue weighted by Crippen LogP contribution is 2.24. The lowest BCUT2D eigenvalue weighted by Crippen LogP contribution is -2.11. The molecule has 1 heterocycles. The summed E-state index contributed by atoms with van der Waals surface area (Å²) in [4.78, 5) is 4.09. The average molecular weight is 281 g/mol. The second-order valence-corrected chi connectivity index (χ2v) is 4.37. The highest BCUT2D eigenvalue weighted by atomic mass is 35.5. The third-order valence-corrected chi connectivity index (χ3v) is 2.80. The predicted octanol–water partition coefficient (Wildman–Crippen LogP) is 3.78. The average Bonchev–Trinajstić information content (AvgIpc) is 2.41. The first kappa shape index (κ1) is 13.8. The fourth-order valence-corrected chi connectivity index (χ4v) is 1.66. The van der Waals surface area contributed by atoms with E-state index in [1.165, 1.54) is 12.1 Å². The van der Waals surface area contributed by atoms with Crippen LogP contribution in [-0.4, -0.2) is 11.5 Å². The summed E-state index contributed by atoms with van der Waals surface area (Å²) in [5.41, 5.74) is 1.06. The van der Waals surface area contributed by atoms with E-state index in [1.807, 2.05) is 19.1 Å². The fourth-order valence-electron chi connectivity index (χ4n) is 1.55. The third kappa shape index (κ3) is 3.91. The molecule has 0 amide bonds. The van der Waals surface area contributed by atoms with Crippen molar-refractivity contribution in [1.29, 1.82) is 0 Å². The number of aromatic nitrogens is 1. The van der Waals surface area contributed by atoms with Crippen LogP contribution in [-0.2, 0) is 6.54 Å². The van der Waals surface area contributed by atoms with Gasteiger partial charge >= 0.3 is 0 Å². The predicted molar refractivity (Wildman–Crippen MR) is 73.1 cm³/mol. The van der Waals surface area contributed by atoms with E-state index in [0.29, 0.717) is 11.6 Å². The number of hydrogen-bond acceptors (Lipinski definition) is 3. The van der Waals surface area contributed by atoms with Gasteiger partial charge in [0.15, 0.2) is 0 Å². The van der Waals surface area contributed by atoms with Gasteiger partial charge in [-0.2, -0.15) is 0 Å². The monoisotopic (exact) mass is 280 g/mol. The largest absolute Gasteiger partial charge is 0.439 e. The second-order valence-electron chi connectivity index (χ2n) is 3.96. The Balaban J connectivity index is 2.11. The molecule has 0 atom stereocenters. The molecule has 0 bridgehead atoms. The van der Waals surface area contributed by atoms with E-state index in [2.05, 4.69) is 10.3 Å². The number of rotatable bonds is 5. The summed E-state index contributed by atoms with van der Waals surface area (Å²) in [6.45, 7) is 3.67. The van der Waals surface area contributed by atoms with Gasteiger partial charge in [0.2, 0.25) is 5.88 Å². The van der Waals surface area contributed by atoms with Crippen molar-refractivity contribution in [3.8, 4) is 11.6 Å². The highest BCUT2D eigenvalue weighted by molar-refractivity contribution is 6.30. The number of halogens is 2. The molecule has 0 saturated carbocycles. The zero-order chi connectivity index (χ0) is 13.7. The summed E-state index contributed by atoms with van der Waals surface area (Å²) < 4.78 is 18.8. The van der Waals surface area contributed by atoms with Gasteiger partial charge in [0.05, 0.1) is 5.02 Å². The maximum Gasteiger partial charge on any atom is 0.219 e. The molecule has 0 aliphatic rings. The number of nitrogens with zero attached hydrogens (tertiary/aromatic N) is 1. The van der Waals surface area contributed by atoms with E-state index in [4.69, 9.17) is 16.3 Å². The molecule has 0 radical (unpaired) electrons. The molecule has 0 spiro atoms. The van der Waals surface area contributed by atoms with Crippen LogP contribution < -0.4 is 10.1 Å². The van der Waals surface area contributed by atoms with Crippen LogP contribution in [0.5, 0.6) is 11.6 Å². The third-order valence-electron chi connectivity index (χ3n) is 2.49. The number of pyridine rings is 1. The van der Waals surface area contributed by atoms with E-state index >= 15 is 0 Å². The van der Waals surface area contributed by atoms with Crippen molar-refractivity contribution in [2.75, 3.05) is 6.54 Å². The van der Waals surface area contributed by atoms with Gasteiger partial charge in [0.25, 0.3) is 0 Å². The van der Waals surface area contributed by atoms with Crippen LogP contribution >= 0.6 is 11.6 Å². The Morgan fingerprint density at radius 2 is 2.16 bits per heavy atom. The van der Waals surface area contributed by atoms with Crippen molar-refractivity contribution in [2.24, 2.45) is 0 Å². The van der Waals surface area contributed by atoms with Crippen molar-refractivity contribution in [3.63, 3.8) is 0 Å². The molecule has 1 aromatic heterocycles. The van der Waals surface area contributed by atoms with Crippen molar-refractivity contribution >= 4 is 11.6 Å². The van der Waals surface area contributed by atoms with Gasteiger partial charge in [-0.15, -0.1) is 0 Å². The zero-order valence-corrected chi connectivity index (χ0v) is 11.2. The lowest BCUT2D eigenvalue weighted by molar-refractivity contribution is 0.457. The van der Waals surface area contributed by atoms with E-state index in [1.54, 1.807) is 12.3 Å². The van der Waals surface area contributed by atoms with Gasteiger partial charge in [0.1, 0.15) is 11.6 Å². The Labute approximate surface area is 116 Å². The smallest absolute Gasteiger partial charge is 0.219 e. The fraction of sp³-hybridized carbons (Fsp3) is 0.214. The van der Waals surface area contributed by atoms with Crippen molar-refractivity contribution in [3.05, 3.63) is 52.9 Å². The molecule has 19 heavy (non-hydrogen) atoms. The van der Waals surface area contributed by atoms with Crippen LogP contribution in [0, 0.1) is 5.82 Å². The van der Waals surface area contributed by atoms with E-state index < -0.39 is 5.82 Å². The molecule has 1 aromatic carbocycles. The van der Waals surface area contributed by atoms with Crippen molar-refractivity contribution in [1.82, 2.24) is 10.3 Å². The number of hydrogen-bond donors (Lipinski definition) is 1. The number of nitrogens with one attached hydrogen (secondary N) is 1. The summed E-state index contributed by atoms with van der Waals surface area (Å²) in [6, 6.07) is 8.01. The Morgan fingerprint density at radius 3 is 2.89 bits per heavy atom. The van der Waals surface area contributed by atoms with Crippen LogP contribution in [0.2, 0.25) is 5.02 Å². The summed E-state index contributed by atoms with van der Waals surface area (Å²) in [7, 11) is 0. The number of benzene rings is 1. The quantitative estimate of drug-likeness (QED) is 0.905. The van der Waals surface area contributed by atoms with Crippen molar-refractivity contribution < 1.29 is 9.13 Å². The van der Waals surface area contributed by atoms with E-state index in [9.17, 15) is 4.39 Å². The normalized spacial score (nSPS) is 10.5. The first-order valence-corrected chi connectivity index (χ1v) is 6.35. The van der Waals surface area contributed by atoms with E-state index in [0.717, 1.165) is 18.7 Å². The molecule has 5 heteroatoms. The molecule has 3 nitrogen and oxygen atoms in total. The molecule has 100 valence electrons. The molecule has 1 N–H and O–H groups in total. The molecule has 0 unspecified atom stereocenters. The Bertz CT molecular complexity index is 563. The van der Waals surface area contributed by atoms with Gasteiger partial charge in [-0.1, -0.05) is 18.5 Å². The Hall–Kier alpha value is -1.65. The summed E-state index contributed by atoms with van der Waals surface area (Å²) >= 11 is 5.61. The number of ether oxygens (including phenoxy) is 1. The summed E-state index contributed by atoms with van der Waals surface area (Å²) in [5, 5.41) is 3.28. The maximum atomic E-state index is 13.3. The van der Waals surface area contributed by atoms with Gasteiger partial charge in [-0.05, 0) is 30.3 Å². The topological polar surface area (TPSA) is 34.2 Å². The van der Waals surface area contributed by atoms with Gasteiger partial charge in [0, 0.05) is 24.9 Å². The maximum absolute atomic E-state index is 13.3. The standard InChI is InChI=1S/C14H14ClFN2O/c1-2-17-9-10-5-6-18-14(7-10)19-11-3-4-12(15)13(16)8-11/h3-8,17H,2,9H2,1H3. The minimum atomic E-state index is -0.511. The van der Waals surface area contributed by atoms with Crippen molar-refractivity contribution in [2.45, 2.75) is 13.5 Å². The molecular formula is C14H14ClFN2O. The molecule has 0 aliphatic heterocycles. The lowest BCUT2D eigenvalue weighted by atomic mass is 10.2. The van der Waals surface area contributed by atoms with Crippen LogP contribution in [0.3, 0.4) is 0 Å². The van der Waals surface area contributed by atoms with Crippen LogP contribution in [0.15, 0.2) is 36.5 Å². The van der Waals surface area contributed by atoms with Crippen LogP contribution in [0.25, 0.3) is 0 Å². The summed E-state index contributed by atoms with van der Waals surface area (Å²) in [5.74, 6) is 0.287. The molecule has 2 aromatic rings. The van der Waals surface area contributed by atoms with Crippen LogP contribution in [0.4, 0.5) is 4.39 Å². The molecule has 0 aliphatic carbocycles. The minimum Gasteiger partial charge on any atom is -0.439 e. The van der Waals surface area contributed by atoms with Crippen LogP contribution in [0.1, 0.15) is 12.5 Å². The van der Waals surface area contributed by atoms with Gasteiger partial charge in [-0.25, -0.2) is 9.37 Å². The zero-order valence-electron chi connectivity index (χ0n) is 10.5. The SMILES string of the molecule is CCNCc1ccnc(Oc2ccc(Cl)c(F)c2)c1. The molecule has 0 saturated heterocycles. The molecular weight excluding hydrogens is 267 g/mol. The first-order chi connectivity index (χ1) is 9.19. The lowest BCUT2D eigenvalue weighted by Gasteiger charge is -2.07. The molecule has 2 rings (SSSR count). The van der Waals surface area contributed by atoms with E-state index in [-0.39, 0.29) is 5.02 Å². The second kappa shape index (κ2) is 6.50. The van der Waals surface area contributed by atoms with Gasteiger partial charge in [-0.3, -0.25) is 0 Å². The summed E-state index contributed by atoms with van der Waals surface area (Å²) in [6.07, 6.45) is 1.66. The Kier molecular flexibility index (Phi) is 4.71. The Morgan fingerprint density at radius 1 is 1.32 bits per heavy atom. The minimum absolute atomic E-state index is 0.0706.